The maximum Gasteiger partial charge on any atom is 0.320 e. The minimum Gasteiger partial charge on any atom is -0.465 e. The zero-order chi connectivity index (χ0) is 14.6. The maximum atomic E-state index is 12.3. The van der Waals surface area contributed by atoms with Gasteiger partial charge >= 0.3 is 5.97 Å². The van der Waals surface area contributed by atoms with Gasteiger partial charge in [-0.1, -0.05) is 6.07 Å². The van der Waals surface area contributed by atoms with Crippen LogP contribution in [-0.4, -0.2) is 62.9 Å². The van der Waals surface area contributed by atoms with Crippen molar-refractivity contribution < 1.29 is 17.9 Å². The Morgan fingerprint density at radius 3 is 2.60 bits per heavy atom. The van der Waals surface area contributed by atoms with Crippen molar-refractivity contribution >= 4 is 27.3 Å². The van der Waals surface area contributed by atoms with E-state index in [9.17, 15) is 13.2 Å². The number of hydrogen-bond acceptors (Lipinski definition) is 6. The van der Waals surface area contributed by atoms with Crippen LogP contribution in [0, 0.1) is 0 Å². The molecule has 0 amide bonds. The van der Waals surface area contributed by atoms with Crippen LogP contribution in [0.15, 0.2) is 21.7 Å². The summed E-state index contributed by atoms with van der Waals surface area (Å²) in [5.74, 6) is -0.262. The first-order valence-electron chi connectivity index (χ1n) is 6.45. The predicted molar refractivity (Wildman–Crippen MR) is 76.2 cm³/mol. The van der Waals surface area contributed by atoms with Crippen LogP contribution in [0.2, 0.25) is 0 Å². The van der Waals surface area contributed by atoms with Gasteiger partial charge in [0.05, 0.1) is 13.2 Å². The molecule has 1 aliphatic rings. The van der Waals surface area contributed by atoms with E-state index in [4.69, 9.17) is 4.74 Å². The van der Waals surface area contributed by atoms with Gasteiger partial charge in [0, 0.05) is 26.2 Å². The van der Waals surface area contributed by atoms with Crippen LogP contribution >= 0.6 is 11.3 Å². The third kappa shape index (κ3) is 3.57. The van der Waals surface area contributed by atoms with E-state index in [-0.39, 0.29) is 12.5 Å². The van der Waals surface area contributed by atoms with E-state index in [0.717, 1.165) is 0 Å². The van der Waals surface area contributed by atoms with Gasteiger partial charge in [-0.2, -0.15) is 4.31 Å². The number of carbonyl (C=O) groups is 1. The lowest BCUT2D eigenvalue weighted by atomic mass is 10.3. The molecule has 0 unspecified atom stereocenters. The predicted octanol–water partition coefficient (Wildman–Crippen LogP) is 0.617. The molecule has 1 aliphatic heterocycles. The summed E-state index contributed by atoms with van der Waals surface area (Å²) >= 11 is 1.22. The van der Waals surface area contributed by atoms with E-state index in [2.05, 4.69) is 0 Å². The molecule has 0 aliphatic carbocycles. The van der Waals surface area contributed by atoms with Crippen LogP contribution in [0.4, 0.5) is 0 Å². The van der Waals surface area contributed by atoms with Crippen molar-refractivity contribution in [3.8, 4) is 0 Å². The molecule has 0 N–H and O–H groups in total. The number of ether oxygens (including phenoxy) is 1. The van der Waals surface area contributed by atoms with Gasteiger partial charge in [-0.15, -0.1) is 11.3 Å². The first-order chi connectivity index (χ1) is 9.54. The van der Waals surface area contributed by atoms with Crippen molar-refractivity contribution in [2.75, 3.05) is 39.3 Å². The molecule has 1 aromatic heterocycles. The van der Waals surface area contributed by atoms with Gasteiger partial charge in [-0.05, 0) is 18.4 Å². The minimum atomic E-state index is -3.37. The molecular weight excluding hydrogens is 300 g/mol. The van der Waals surface area contributed by atoms with Crippen LogP contribution in [0.3, 0.4) is 0 Å². The Hall–Kier alpha value is -0.960. The molecule has 20 heavy (non-hydrogen) atoms. The summed E-state index contributed by atoms with van der Waals surface area (Å²) < 4.78 is 31.3. The fourth-order valence-corrected chi connectivity index (χ4v) is 4.62. The molecule has 1 saturated heterocycles. The second-order valence-corrected chi connectivity index (χ2v) is 7.53. The maximum absolute atomic E-state index is 12.3. The highest BCUT2D eigenvalue weighted by Crippen LogP contribution is 2.21. The lowest BCUT2D eigenvalue weighted by Gasteiger charge is -2.32. The summed E-state index contributed by atoms with van der Waals surface area (Å²) in [6.07, 6.45) is 0. The summed E-state index contributed by atoms with van der Waals surface area (Å²) in [5, 5.41) is 1.75. The molecule has 0 aromatic carbocycles. The van der Waals surface area contributed by atoms with Crippen LogP contribution < -0.4 is 0 Å². The number of esters is 1. The summed E-state index contributed by atoms with van der Waals surface area (Å²) in [6, 6.07) is 3.35. The topological polar surface area (TPSA) is 66.9 Å². The Morgan fingerprint density at radius 2 is 2.05 bits per heavy atom. The van der Waals surface area contributed by atoms with Gasteiger partial charge in [0.1, 0.15) is 4.21 Å². The Balaban J connectivity index is 1.90. The van der Waals surface area contributed by atoms with Gasteiger partial charge in [0.15, 0.2) is 0 Å². The molecule has 2 heterocycles. The molecule has 6 nitrogen and oxygen atoms in total. The fourth-order valence-electron chi connectivity index (χ4n) is 2.05. The van der Waals surface area contributed by atoms with Crippen LogP contribution in [0.1, 0.15) is 6.92 Å². The Morgan fingerprint density at radius 1 is 1.35 bits per heavy atom. The molecule has 0 radical (unpaired) electrons. The molecule has 2 rings (SSSR count). The van der Waals surface area contributed by atoms with Crippen molar-refractivity contribution in [2.24, 2.45) is 0 Å². The molecule has 0 atom stereocenters. The standard InChI is InChI=1S/C12H18N2O4S2/c1-2-18-11(15)10-13-5-7-14(8-6-13)20(16,17)12-4-3-9-19-12/h3-4,9H,2,5-8,10H2,1H3. The second-order valence-electron chi connectivity index (χ2n) is 4.42. The third-order valence-electron chi connectivity index (χ3n) is 3.08. The molecule has 0 bridgehead atoms. The van der Waals surface area contributed by atoms with Crippen LogP contribution in [0.5, 0.6) is 0 Å². The number of thiophene rings is 1. The lowest BCUT2D eigenvalue weighted by Crippen LogP contribution is -2.49. The first-order valence-corrected chi connectivity index (χ1v) is 8.77. The summed E-state index contributed by atoms with van der Waals surface area (Å²) in [5.41, 5.74) is 0. The molecule has 0 spiro atoms. The van der Waals surface area contributed by atoms with Crippen molar-refractivity contribution in [2.45, 2.75) is 11.1 Å². The SMILES string of the molecule is CCOC(=O)CN1CCN(S(=O)(=O)c2cccs2)CC1. The van der Waals surface area contributed by atoms with Gasteiger partial charge in [0.2, 0.25) is 0 Å². The third-order valence-corrected chi connectivity index (χ3v) is 6.35. The zero-order valence-corrected chi connectivity index (χ0v) is 13.0. The fraction of sp³-hybridized carbons (Fsp3) is 0.583. The second kappa shape index (κ2) is 6.66. The van der Waals surface area contributed by atoms with E-state index in [0.29, 0.717) is 37.0 Å². The molecule has 0 saturated carbocycles. The smallest absolute Gasteiger partial charge is 0.320 e. The molecule has 1 aromatic rings. The highest BCUT2D eigenvalue weighted by Gasteiger charge is 2.29. The highest BCUT2D eigenvalue weighted by atomic mass is 32.2. The van der Waals surface area contributed by atoms with Crippen LogP contribution in [0.25, 0.3) is 0 Å². The van der Waals surface area contributed by atoms with Gasteiger partial charge in [-0.25, -0.2) is 8.42 Å². The Kier molecular flexibility index (Phi) is 5.14. The summed E-state index contributed by atoms with van der Waals surface area (Å²) in [7, 11) is -3.37. The number of sulfonamides is 1. The van der Waals surface area contributed by atoms with Crippen molar-refractivity contribution in [1.82, 2.24) is 9.21 Å². The van der Waals surface area contributed by atoms with Gasteiger partial charge < -0.3 is 4.74 Å². The number of piperazine rings is 1. The summed E-state index contributed by atoms with van der Waals surface area (Å²) in [6.45, 7) is 4.25. The highest BCUT2D eigenvalue weighted by molar-refractivity contribution is 7.91. The Labute approximate surface area is 123 Å². The van der Waals surface area contributed by atoms with E-state index in [1.54, 1.807) is 24.4 Å². The first kappa shape index (κ1) is 15.4. The van der Waals surface area contributed by atoms with E-state index in [1.807, 2.05) is 4.90 Å². The minimum absolute atomic E-state index is 0.223. The monoisotopic (exact) mass is 318 g/mol. The molecule has 112 valence electrons. The normalized spacial score (nSPS) is 18.1. The molecule has 8 heteroatoms. The van der Waals surface area contributed by atoms with E-state index < -0.39 is 10.0 Å². The van der Waals surface area contributed by atoms with Crippen molar-refractivity contribution in [3.63, 3.8) is 0 Å². The van der Waals surface area contributed by atoms with Gasteiger partial charge in [-0.3, -0.25) is 9.69 Å². The van der Waals surface area contributed by atoms with Gasteiger partial charge in [0.25, 0.3) is 10.0 Å². The lowest BCUT2D eigenvalue weighted by molar-refractivity contribution is -0.144. The molecular formula is C12H18N2O4S2. The van der Waals surface area contributed by atoms with Crippen molar-refractivity contribution in [3.05, 3.63) is 17.5 Å². The number of rotatable bonds is 5. The number of nitrogens with zero attached hydrogens (tertiary/aromatic N) is 2. The largest absolute Gasteiger partial charge is 0.465 e. The number of carbonyl (C=O) groups excluding carboxylic acids is 1. The zero-order valence-electron chi connectivity index (χ0n) is 11.3. The average molecular weight is 318 g/mol. The Bertz CT molecular complexity index is 534. The van der Waals surface area contributed by atoms with E-state index >= 15 is 0 Å². The van der Waals surface area contributed by atoms with Crippen LogP contribution in [-0.2, 0) is 19.6 Å². The van der Waals surface area contributed by atoms with Crippen molar-refractivity contribution in [1.29, 1.82) is 0 Å². The molecule has 1 fully saturated rings. The average Bonchev–Trinajstić information content (AvgIpc) is 2.94. The quantitative estimate of drug-likeness (QED) is 0.745. The summed E-state index contributed by atoms with van der Waals surface area (Å²) in [4.78, 5) is 13.3. The van der Waals surface area contributed by atoms with E-state index in [1.165, 1.54) is 15.6 Å². The number of hydrogen-bond donors (Lipinski definition) is 0.